The summed E-state index contributed by atoms with van der Waals surface area (Å²) in [4.78, 5) is 14.9. The number of hydrogen-bond acceptors (Lipinski definition) is 5. The lowest BCUT2D eigenvalue weighted by Gasteiger charge is -2.26. The number of nitrogens with zero attached hydrogens (tertiary/aromatic N) is 4. The molecular formula is C26H33N5OS. The van der Waals surface area contributed by atoms with Crippen LogP contribution >= 0.6 is 11.8 Å². The molecule has 0 atom stereocenters. The van der Waals surface area contributed by atoms with Gasteiger partial charge in [0.25, 0.3) is 0 Å². The monoisotopic (exact) mass is 463 g/mol. The SMILES string of the molecule is Cc1ccccc1CCNC(=O)CSc1nnc(CN2CCCCC2)n1Cc1ccccc1. The summed E-state index contributed by atoms with van der Waals surface area (Å²) in [6.07, 6.45) is 4.65. The third-order valence-corrected chi connectivity index (χ3v) is 7.07. The highest BCUT2D eigenvalue weighted by atomic mass is 32.2. The predicted octanol–water partition coefficient (Wildman–Crippen LogP) is 4.07. The molecule has 1 fully saturated rings. The van der Waals surface area contributed by atoms with Crippen LogP contribution in [0, 0.1) is 6.92 Å². The Bertz CT molecular complexity index is 1030. The van der Waals surface area contributed by atoms with Crippen molar-refractivity contribution in [3.05, 3.63) is 77.1 Å². The molecule has 7 heteroatoms. The van der Waals surface area contributed by atoms with Crippen molar-refractivity contribution in [3.8, 4) is 0 Å². The first-order chi connectivity index (χ1) is 16.2. The number of rotatable bonds is 10. The Morgan fingerprint density at radius 3 is 2.52 bits per heavy atom. The minimum atomic E-state index is 0.0282. The van der Waals surface area contributed by atoms with Gasteiger partial charge in [-0.25, -0.2) is 0 Å². The van der Waals surface area contributed by atoms with Crippen molar-refractivity contribution in [1.82, 2.24) is 25.0 Å². The number of carbonyl (C=O) groups is 1. The first-order valence-corrected chi connectivity index (χ1v) is 12.8. The molecule has 0 spiro atoms. The summed E-state index contributed by atoms with van der Waals surface area (Å²) in [5, 5.41) is 12.8. The zero-order valence-electron chi connectivity index (χ0n) is 19.4. The maximum Gasteiger partial charge on any atom is 0.230 e. The van der Waals surface area contributed by atoms with E-state index in [0.717, 1.165) is 37.0 Å². The predicted molar refractivity (Wildman–Crippen MR) is 133 cm³/mol. The molecule has 0 radical (unpaired) electrons. The van der Waals surface area contributed by atoms with E-state index in [2.05, 4.69) is 68.3 Å². The van der Waals surface area contributed by atoms with Crippen molar-refractivity contribution < 1.29 is 4.79 Å². The van der Waals surface area contributed by atoms with E-state index in [4.69, 9.17) is 0 Å². The highest BCUT2D eigenvalue weighted by Crippen LogP contribution is 2.21. The number of piperidine rings is 1. The van der Waals surface area contributed by atoms with Crippen LogP contribution in [-0.2, 0) is 24.3 Å². The number of likely N-dealkylation sites (tertiary alicyclic amines) is 1. The number of nitrogens with one attached hydrogen (secondary N) is 1. The van der Waals surface area contributed by atoms with Crippen LogP contribution in [0.25, 0.3) is 0 Å². The number of hydrogen-bond donors (Lipinski definition) is 1. The Morgan fingerprint density at radius 1 is 0.970 bits per heavy atom. The molecule has 1 saturated heterocycles. The summed E-state index contributed by atoms with van der Waals surface area (Å²) in [7, 11) is 0. The van der Waals surface area contributed by atoms with Crippen molar-refractivity contribution in [3.63, 3.8) is 0 Å². The van der Waals surface area contributed by atoms with Gasteiger partial charge < -0.3 is 9.88 Å². The Labute approximate surface area is 200 Å². The van der Waals surface area contributed by atoms with E-state index in [9.17, 15) is 4.79 Å². The second kappa shape index (κ2) is 12.0. The number of carbonyl (C=O) groups excluding carboxylic acids is 1. The van der Waals surface area contributed by atoms with Crippen LogP contribution in [0.1, 0.15) is 41.8 Å². The van der Waals surface area contributed by atoms with Gasteiger partial charge in [0.05, 0.1) is 18.8 Å². The minimum Gasteiger partial charge on any atom is -0.355 e. The molecule has 2 heterocycles. The van der Waals surface area contributed by atoms with Gasteiger partial charge in [0, 0.05) is 6.54 Å². The molecule has 2 aromatic carbocycles. The van der Waals surface area contributed by atoms with Gasteiger partial charge >= 0.3 is 0 Å². The van der Waals surface area contributed by atoms with Crippen molar-refractivity contribution in [2.24, 2.45) is 0 Å². The fourth-order valence-electron chi connectivity index (χ4n) is 4.19. The lowest BCUT2D eigenvalue weighted by Crippen LogP contribution is -2.30. The van der Waals surface area contributed by atoms with E-state index in [-0.39, 0.29) is 5.91 Å². The number of aryl methyl sites for hydroxylation is 1. The summed E-state index contributed by atoms with van der Waals surface area (Å²) in [6, 6.07) is 18.7. The minimum absolute atomic E-state index is 0.0282. The molecule has 1 aromatic heterocycles. The largest absolute Gasteiger partial charge is 0.355 e. The molecule has 0 unspecified atom stereocenters. The summed E-state index contributed by atoms with van der Waals surface area (Å²) >= 11 is 1.47. The zero-order valence-corrected chi connectivity index (χ0v) is 20.2. The number of amides is 1. The maximum absolute atomic E-state index is 12.5. The Hall–Kier alpha value is -2.64. The second-order valence-electron chi connectivity index (χ2n) is 8.62. The topological polar surface area (TPSA) is 63.1 Å². The Morgan fingerprint density at radius 2 is 1.73 bits per heavy atom. The van der Waals surface area contributed by atoms with E-state index in [1.54, 1.807) is 0 Å². The third kappa shape index (κ3) is 6.92. The molecule has 1 aliphatic rings. The average molecular weight is 464 g/mol. The van der Waals surface area contributed by atoms with Crippen LogP contribution in [0.15, 0.2) is 59.8 Å². The summed E-state index contributed by atoms with van der Waals surface area (Å²) in [6.45, 7) is 6.50. The van der Waals surface area contributed by atoms with E-state index in [1.807, 2.05) is 18.2 Å². The first kappa shape index (κ1) is 23.5. The molecule has 174 valence electrons. The summed E-state index contributed by atoms with van der Waals surface area (Å²) < 4.78 is 2.18. The van der Waals surface area contributed by atoms with Gasteiger partial charge in [-0.2, -0.15) is 0 Å². The van der Waals surface area contributed by atoms with Crippen molar-refractivity contribution in [2.45, 2.75) is 50.9 Å². The zero-order chi connectivity index (χ0) is 22.9. The maximum atomic E-state index is 12.5. The van der Waals surface area contributed by atoms with Crippen molar-refractivity contribution in [2.75, 3.05) is 25.4 Å². The molecule has 0 bridgehead atoms. The average Bonchev–Trinajstić information content (AvgIpc) is 3.21. The van der Waals surface area contributed by atoms with Crippen LogP contribution < -0.4 is 5.32 Å². The van der Waals surface area contributed by atoms with E-state index >= 15 is 0 Å². The van der Waals surface area contributed by atoms with Crippen molar-refractivity contribution in [1.29, 1.82) is 0 Å². The number of aromatic nitrogens is 3. The van der Waals surface area contributed by atoms with Gasteiger partial charge in [-0.15, -0.1) is 10.2 Å². The van der Waals surface area contributed by atoms with Gasteiger partial charge in [-0.1, -0.05) is 72.8 Å². The van der Waals surface area contributed by atoms with Crippen LogP contribution in [0.2, 0.25) is 0 Å². The van der Waals surface area contributed by atoms with Crippen LogP contribution in [0.3, 0.4) is 0 Å². The Balaban J connectivity index is 1.36. The van der Waals surface area contributed by atoms with Gasteiger partial charge in [-0.05, 0) is 56.0 Å². The summed E-state index contributed by atoms with van der Waals surface area (Å²) in [5.41, 5.74) is 3.74. The van der Waals surface area contributed by atoms with Crippen LogP contribution in [0.4, 0.5) is 0 Å². The quantitative estimate of drug-likeness (QED) is 0.459. The van der Waals surface area contributed by atoms with E-state index in [0.29, 0.717) is 18.8 Å². The molecule has 6 nitrogen and oxygen atoms in total. The van der Waals surface area contributed by atoms with Crippen molar-refractivity contribution >= 4 is 17.7 Å². The second-order valence-corrected chi connectivity index (χ2v) is 9.56. The highest BCUT2D eigenvalue weighted by Gasteiger charge is 2.18. The van der Waals surface area contributed by atoms with Gasteiger partial charge in [0.2, 0.25) is 5.91 Å². The van der Waals surface area contributed by atoms with Crippen LogP contribution in [0.5, 0.6) is 0 Å². The molecular weight excluding hydrogens is 430 g/mol. The summed E-state index contributed by atoms with van der Waals surface area (Å²) in [5.74, 6) is 1.34. The third-order valence-electron chi connectivity index (χ3n) is 6.10. The molecule has 4 rings (SSSR count). The molecule has 3 aromatic rings. The fraction of sp³-hybridized carbons (Fsp3) is 0.423. The fourth-order valence-corrected chi connectivity index (χ4v) is 4.98. The Kier molecular flexibility index (Phi) is 8.55. The smallest absolute Gasteiger partial charge is 0.230 e. The molecule has 33 heavy (non-hydrogen) atoms. The number of benzene rings is 2. The van der Waals surface area contributed by atoms with E-state index in [1.165, 1.54) is 47.7 Å². The first-order valence-electron chi connectivity index (χ1n) is 11.8. The molecule has 1 amide bonds. The normalized spacial score (nSPS) is 14.3. The molecule has 0 aliphatic carbocycles. The van der Waals surface area contributed by atoms with Gasteiger partial charge in [-0.3, -0.25) is 9.69 Å². The molecule has 1 aliphatic heterocycles. The highest BCUT2D eigenvalue weighted by molar-refractivity contribution is 7.99. The number of thioether (sulfide) groups is 1. The van der Waals surface area contributed by atoms with E-state index < -0.39 is 0 Å². The lowest BCUT2D eigenvalue weighted by atomic mass is 10.1. The lowest BCUT2D eigenvalue weighted by molar-refractivity contribution is -0.118. The van der Waals surface area contributed by atoms with Gasteiger partial charge in [0.15, 0.2) is 5.16 Å². The molecule has 1 N–H and O–H groups in total. The molecule has 0 saturated carbocycles. The van der Waals surface area contributed by atoms with Crippen LogP contribution in [-0.4, -0.2) is 51.0 Å². The van der Waals surface area contributed by atoms with Gasteiger partial charge in [0.1, 0.15) is 5.82 Å². The standard InChI is InChI=1S/C26H33N5OS/c1-21-10-6-7-13-23(21)14-15-27-25(32)20-33-26-29-28-24(19-30-16-8-3-9-17-30)31(26)18-22-11-4-2-5-12-22/h2,4-7,10-13H,3,8-9,14-20H2,1H3,(H,27,32).